The predicted molar refractivity (Wildman–Crippen MR) is 307 cm³/mol. The van der Waals surface area contributed by atoms with Crippen LogP contribution in [0.1, 0.15) is 153 Å². The Bertz CT molecular complexity index is 2100. The van der Waals surface area contributed by atoms with Gasteiger partial charge in [-0.15, -0.1) is 0 Å². The second kappa shape index (κ2) is 32.0. The summed E-state index contributed by atoms with van der Waals surface area (Å²) in [4.78, 5) is 73.2. The highest BCUT2D eigenvalue weighted by Crippen LogP contribution is 2.39. The minimum absolute atomic E-state index is 0.00178. The lowest BCUT2D eigenvalue weighted by Gasteiger charge is -2.43. The smallest absolute Gasteiger partial charge is 0.329 e. The summed E-state index contributed by atoms with van der Waals surface area (Å²) in [5.74, 6) is -7.98. The number of ketones is 3. The van der Waals surface area contributed by atoms with E-state index in [4.69, 9.17) is 37.6 Å². The van der Waals surface area contributed by atoms with E-state index < -0.39 is 86.1 Å². The first-order valence-electron chi connectivity index (χ1n) is 29.5. The molecule has 2 saturated heterocycles. The van der Waals surface area contributed by atoms with Gasteiger partial charge in [-0.3, -0.25) is 19.2 Å². The van der Waals surface area contributed by atoms with E-state index in [2.05, 4.69) is 33.9 Å². The molecule has 4 rings (SSSR count). The van der Waals surface area contributed by atoms with Crippen LogP contribution in [0.15, 0.2) is 47.6 Å². The molecule has 0 aromatic heterocycles. The molecule has 79 heavy (non-hydrogen) atoms. The average molecular weight is 1130 g/mol. The molecule has 0 aromatic carbocycles. The molecule has 3 heterocycles. The number of piperidine rings is 1. The van der Waals surface area contributed by atoms with Gasteiger partial charge in [0.2, 0.25) is 5.79 Å². The van der Waals surface area contributed by atoms with Crippen molar-refractivity contribution in [2.75, 3.05) is 54.3 Å². The van der Waals surface area contributed by atoms with E-state index in [9.17, 15) is 34.2 Å². The molecular weight excluding hydrogens is 1030 g/mol. The number of ether oxygens (including phenoxy) is 7. The topological polar surface area (TPSA) is 203 Å². The van der Waals surface area contributed by atoms with E-state index in [1.807, 2.05) is 58.1 Å². The van der Waals surface area contributed by atoms with E-state index >= 15 is 0 Å². The van der Waals surface area contributed by atoms with Gasteiger partial charge in [0.05, 0.1) is 37.6 Å². The highest BCUT2D eigenvalue weighted by atomic mass is 28.4. The third-order valence-electron chi connectivity index (χ3n) is 17.7. The summed E-state index contributed by atoms with van der Waals surface area (Å²) < 4.78 is 48.7. The number of cyclic esters (lactones) is 1. The van der Waals surface area contributed by atoms with Gasteiger partial charge in [0.25, 0.3) is 11.7 Å². The van der Waals surface area contributed by atoms with Gasteiger partial charge in [-0.2, -0.15) is 0 Å². The fraction of sp³-hybridized carbons (Fsp3) is 0.790. The number of hydrogen-bond donors (Lipinski definition) is 2. The summed E-state index contributed by atoms with van der Waals surface area (Å²) in [5, 5.41) is 23.9. The molecule has 0 aromatic rings. The number of aliphatic hydroxyl groups is 2. The van der Waals surface area contributed by atoms with Crippen LogP contribution in [0, 0.1) is 35.5 Å². The highest BCUT2D eigenvalue weighted by Gasteiger charge is 2.53. The standard InChI is InChI=1S/C62H103NO15Si/c1-40-22-17-16-18-23-41(2)52(75-33-32-71-11)38-48-27-25-46(7)62(70,78-48)58(67)59(68)63-29-20-19-24-49(63)60(69)77-53(39-50(64)42(3)35-45(6)56(66)57(73-13)55(65)44(5)34-40)43(4)36-47-26-28-51(54(37-47)72-12)74-30-21-31-76-79(14,15)61(8,9)10/h16-18,22-23,35,40,42-44,46-49,51-54,56-57,66,70H,19-21,24-34,36-39H2,1-15H3/b18-16?,22-17+,41-23?,45-35+/t40-,42-,43-,44-,46-,47+,48+,49?,51-,52+,53+,54-,56-,57+,62-/m1/s1. The number of fused-ring (bicyclic) bond motifs is 3. The average Bonchev–Trinajstić information content (AvgIpc) is 3.41. The summed E-state index contributed by atoms with van der Waals surface area (Å²) in [6.07, 6.45) is 13.0. The highest BCUT2D eigenvalue weighted by molar-refractivity contribution is 6.74. The Labute approximate surface area is 475 Å². The van der Waals surface area contributed by atoms with Crippen LogP contribution in [0.5, 0.6) is 0 Å². The Balaban J connectivity index is 1.65. The van der Waals surface area contributed by atoms with Crippen LogP contribution < -0.4 is 0 Å². The maximum Gasteiger partial charge on any atom is 0.329 e. The second-order valence-electron chi connectivity index (χ2n) is 25.0. The number of nitrogens with zero attached hydrogens (tertiary/aromatic N) is 1. The van der Waals surface area contributed by atoms with E-state index in [1.54, 1.807) is 41.1 Å². The SMILES string of the molecule is COCCO[C@H]1C[C@@H]2CC[C@@H](C)[C@@](O)(O2)C(=O)C(=O)N2CCCCC2C(=O)O[C@H]([C@H](C)C[C@@H]2CC[C@@H](OCCCO[Si](C)(C)C(C)(C)C)[C@H](OC)C2)CC(=O)[C@H](C)/C=C(\C)[C@@H](O)[C@@H](OC)C(=O)[C@H](C)C[C@H](C)/C=C/C=CC=C1C. The summed E-state index contributed by atoms with van der Waals surface area (Å²) in [6.45, 7) is 25.9. The van der Waals surface area contributed by atoms with Crippen molar-refractivity contribution < 1.29 is 71.8 Å². The maximum atomic E-state index is 14.7. The molecule has 1 aliphatic carbocycles. The Hall–Kier alpha value is -3.23. The normalized spacial score (nSPS) is 34.8. The minimum atomic E-state index is -2.46. The number of amides is 1. The van der Waals surface area contributed by atoms with Crippen LogP contribution in [-0.4, -0.2) is 162 Å². The van der Waals surface area contributed by atoms with Crippen molar-refractivity contribution in [2.45, 2.75) is 225 Å². The van der Waals surface area contributed by atoms with Gasteiger partial charge in [0.1, 0.15) is 30.1 Å². The van der Waals surface area contributed by atoms with Gasteiger partial charge in [0.15, 0.2) is 14.1 Å². The van der Waals surface area contributed by atoms with Crippen LogP contribution in [0.3, 0.4) is 0 Å². The van der Waals surface area contributed by atoms with Crippen LogP contribution >= 0.6 is 0 Å². The second-order valence-corrected chi connectivity index (χ2v) is 29.8. The zero-order chi connectivity index (χ0) is 58.8. The zero-order valence-corrected chi connectivity index (χ0v) is 51.9. The molecule has 17 heteroatoms. The van der Waals surface area contributed by atoms with Gasteiger partial charge in [-0.25, -0.2) is 4.79 Å². The predicted octanol–water partition coefficient (Wildman–Crippen LogP) is 9.63. The summed E-state index contributed by atoms with van der Waals surface area (Å²) in [7, 11) is 2.80. The Morgan fingerprint density at radius 1 is 0.823 bits per heavy atom. The van der Waals surface area contributed by atoms with Gasteiger partial charge in [-0.05, 0) is 132 Å². The lowest BCUT2D eigenvalue weighted by molar-refractivity contribution is -0.266. The van der Waals surface area contributed by atoms with Crippen molar-refractivity contribution in [3.05, 3.63) is 47.6 Å². The molecule has 1 saturated carbocycles. The monoisotopic (exact) mass is 1130 g/mol. The fourth-order valence-electron chi connectivity index (χ4n) is 11.3. The number of hydrogen-bond acceptors (Lipinski definition) is 15. The largest absolute Gasteiger partial charge is 0.460 e. The van der Waals surface area contributed by atoms with E-state index in [-0.39, 0.29) is 79.0 Å². The first kappa shape index (κ1) is 68.3. The fourth-order valence-corrected chi connectivity index (χ4v) is 12.4. The number of Topliss-reactive ketones (excluding diaryl/α,β-unsaturated/α-hetero) is 3. The molecule has 1 unspecified atom stereocenters. The van der Waals surface area contributed by atoms with Crippen LogP contribution in [0.25, 0.3) is 0 Å². The number of allylic oxidation sites excluding steroid dienone is 6. The molecule has 1 amide bonds. The molecule has 3 fully saturated rings. The van der Waals surface area contributed by atoms with Gasteiger partial charge < -0.3 is 52.7 Å². The van der Waals surface area contributed by atoms with Crippen LogP contribution in [-0.2, 0) is 61.6 Å². The third-order valence-corrected chi connectivity index (χ3v) is 22.2. The molecule has 16 nitrogen and oxygen atoms in total. The molecule has 450 valence electrons. The summed E-state index contributed by atoms with van der Waals surface area (Å²) in [6, 6.07) is -1.15. The first-order chi connectivity index (χ1) is 37.2. The number of carbonyl (C=O) groups is 5. The van der Waals surface area contributed by atoms with E-state index in [0.717, 1.165) is 24.8 Å². The van der Waals surface area contributed by atoms with Crippen molar-refractivity contribution in [1.29, 1.82) is 0 Å². The molecule has 2 bridgehead atoms. The molecule has 15 atom stereocenters. The molecule has 4 aliphatic rings. The van der Waals surface area contributed by atoms with Gasteiger partial charge in [-0.1, -0.05) is 91.8 Å². The summed E-state index contributed by atoms with van der Waals surface area (Å²) >= 11 is 0. The molecule has 0 radical (unpaired) electrons. The molecular formula is C62H103NO15Si. The first-order valence-corrected chi connectivity index (χ1v) is 32.4. The number of esters is 1. The van der Waals surface area contributed by atoms with Gasteiger partial charge in [0, 0.05) is 71.7 Å². The molecule has 2 N–H and O–H groups in total. The number of methoxy groups -OCH3 is 3. The minimum Gasteiger partial charge on any atom is -0.460 e. The number of aliphatic hydroxyl groups excluding tert-OH is 1. The Morgan fingerprint density at radius 2 is 1.54 bits per heavy atom. The van der Waals surface area contributed by atoms with E-state index in [1.165, 1.54) is 12.0 Å². The lowest BCUT2D eigenvalue weighted by atomic mass is 9.78. The molecule has 3 aliphatic heterocycles. The molecule has 0 spiro atoms. The van der Waals surface area contributed by atoms with Crippen LogP contribution in [0.4, 0.5) is 0 Å². The zero-order valence-electron chi connectivity index (χ0n) is 50.9. The van der Waals surface area contributed by atoms with Crippen LogP contribution in [0.2, 0.25) is 18.1 Å². The number of rotatable bonds is 15. The number of carbonyl (C=O) groups excluding carboxylic acids is 5. The Morgan fingerprint density at radius 3 is 2.22 bits per heavy atom. The lowest BCUT2D eigenvalue weighted by Crippen LogP contribution is -2.61. The van der Waals surface area contributed by atoms with Crippen molar-refractivity contribution >= 4 is 37.5 Å². The quantitative estimate of drug-likeness (QED) is 0.0515. The van der Waals surface area contributed by atoms with Crippen molar-refractivity contribution in [3.63, 3.8) is 0 Å². The van der Waals surface area contributed by atoms with E-state index in [0.29, 0.717) is 70.3 Å². The summed E-state index contributed by atoms with van der Waals surface area (Å²) in [5.41, 5.74) is 1.26. The maximum absolute atomic E-state index is 14.7. The van der Waals surface area contributed by atoms with Crippen molar-refractivity contribution in [1.82, 2.24) is 4.90 Å². The van der Waals surface area contributed by atoms with Crippen molar-refractivity contribution in [2.24, 2.45) is 35.5 Å². The third kappa shape index (κ3) is 19.7. The Kier molecular flexibility index (Phi) is 27.6. The van der Waals surface area contributed by atoms with Crippen molar-refractivity contribution in [3.8, 4) is 0 Å². The van der Waals surface area contributed by atoms with Gasteiger partial charge >= 0.3 is 5.97 Å².